The summed E-state index contributed by atoms with van der Waals surface area (Å²) in [6.07, 6.45) is 2.29. The fourth-order valence-electron chi connectivity index (χ4n) is 2.84. The molecule has 2 rings (SSSR count). The van der Waals surface area contributed by atoms with Gasteiger partial charge in [-0.3, -0.25) is 0 Å². The van der Waals surface area contributed by atoms with Gasteiger partial charge < -0.3 is 10.5 Å². The molecule has 1 heterocycles. The molecule has 1 aliphatic rings. The fraction of sp³-hybridized carbons (Fsp3) is 0.600. The van der Waals surface area contributed by atoms with E-state index in [1.165, 1.54) is 16.7 Å². The fourth-order valence-corrected chi connectivity index (χ4v) is 2.84. The van der Waals surface area contributed by atoms with Crippen LogP contribution in [0.5, 0.6) is 0 Å². The van der Waals surface area contributed by atoms with Crippen molar-refractivity contribution in [2.75, 3.05) is 6.61 Å². The Bertz CT molecular complexity index is 368. The summed E-state index contributed by atoms with van der Waals surface area (Å²) in [5.74, 6) is 0.593. The number of benzene rings is 1. The number of aryl methyl sites for hydroxylation is 2. The van der Waals surface area contributed by atoms with Gasteiger partial charge in [0.2, 0.25) is 0 Å². The number of hydrogen-bond acceptors (Lipinski definition) is 2. The van der Waals surface area contributed by atoms with Gasteiger partial charge in [0.1, 0.15) is 0 Å². The van der Waals surface area contributed by atoms with Crippen LogP contribution in [0.1, 0.15) is 30.0 Å². The summed E-state index contributed by atoms with van der Waals surface area (Å²) in [6, 6.07) is 6.77. The lowest BCUT2D eigenvalue weighted by atomic mass is 9.92. The summed E-state index contributed by atoms with van der Waals surface area (Å²) in [5.41, 5.74) is 10.2. The van der Waals surface area contributed by atoms with Gasteiger partial charge in [-0.05, 0) is 38.2 Å². The lowest BCUT2D eigenvalue weighted by Gasteiger charge is -2.22. The first-order valence-electron chi connectivity index (χ1n) is 6.50. The molecular weight excluding hydrogens is 210 g/mol. The summed E-state index contributed by atoms with van der Waals surface area (Å²) in [7, 11) is 0. The Labute approximate surface area is 104 Å². The van der Waals surface area contributed by atoms with Gasteiger partial charge in [-0.2, -0.15) is 0 Å². The van der Waals surface area contributed by atoms with E-state index in [0.717, 1.165) is 19.4 Å². The van der Waals surface area contributed by atoms with Crippen LogP contribution in [0.3, 0.4) is 0 Å². The molecule has 0 aromatic heterocycles. The van der Waals surface area contributed by atoms with Crippen molar-refractivity contribution in [2.24, 2.45) is 11.7 Å². The first-order valence-corrected chi connectivity index (χ1v) is 6.50. The summed E-state index contributed by atoms with van der Waals surface area (Å²) in [5, 5.41) is 0. The maximum atomic E-state index is 6.28. The van der Waals surface area contributed by atoms with Crippen LogP contribution in [0.2, 0.25) is 0 Å². The third kappa shape index (κ3) is 3.08. The van der Waals surface area contributed by atoms with Gasteiger partial charge in [-0.1, -0.05) is 36.2 Å². The molecule has 0 aliphatic carbocycles. The second-order valence-electron chi connectivity index (χ2n) is 5.47. The highest BCUT2D eigenvalue weighted by atomic mass is 16.5. The molecule has 2 N–H and O–H groups in total. The maximum Gasteiger partial charge on any atom is 0.0755 e. The van der Waals surface area contributed by atoms with Gasteiger partial charge in [0.05, 0.1) is 6.10 Å². The molecule has 94 valence electrons. The first-order chi connectivity index (χ1) is 8.06. The Morgan fingerprint density at radius 1 is 1.29 bits per heavy atom. The SMILES string of the molecule is Cc1cc(C)cc(CC(N)C2OCCC2C)c1. The van der Waals surface area contributed by atoms with Gasteiger partial charge >= 0.3 is 0 Å². The highest BCUT2D eigenvalue weighted by Gasteiger charge is 2.29. The van der Waals surface area contributed by atoms with E-state index in [2.05, 4.69) is 39.0 Å². The van der Waals surface area contributed by atoms with E-state index >= 15 is 0 Å². The predicted octanol–water partition coefficient (Wildman–Crippen LogP) is 2.60. The first kappa shape index (κ1) is 12.6. The molecule has 1 aromatic carbocycles. The molecule has 0 amide bonds. The minimum Gasteiger partial charge on any atom is -0.376 e. The molecule has 0 radical (unpaired) electrons. The second-order valence-corrected chi connectivity index (χ2v) is 5.47. The minimum atomic E-state index is 0.119. The van der Waals surface area contributed by atoms with E-state index < -0.39 is 0 Å². The molecular formula is C15H23NO. The molecule has 2 nitrogen and oxygen atoms in total. The zero-order valence-corrected chi connectivity index (χ0v) is 11.1. The maximum absolute atomic E-state index is 6.28. The number of rotatable bonds is 3. The Hall–Kier alpha value is -0.860. The van der Waals surface area contributed by atoms with E-state index in [1.807, 2.05) is 0 Å². The van der Waals surface area contributed by atoms with Crippen LogP contribution in [0.4, 0.5) is 0 Å². The van der Waals surface area contributed by atoms with Crippen LogP contribution >= 0.6 is 0 Å². The van der Waals surface area contributed by atoms with Crippen LogP contribution in [-0.4, -0.2) is 18.8 Å². The molecule has 3 unspecified atom stereocenters. The summed E-state index contributed by atoms with van der Waals surface area (Å²) in [6.45, 7) is 7.37. The molecule has 17 heavy (non-hydrogen) atoms. The third-order valence-electron chi connectivity index (χ3n) is 3.62. The van der Waals surface area contributed by atoms with Gasteiger partial charge in [-0.25, -0.2) is 0 Å². The predicted molar refractivity (Wildman–Crippen MR) is 71.1 cm³/mol. The lowest BCUT2D eigenvalue weighted by Crippen LogP contribution is -2.39. The Balaban J connectivity index is 2.04. The number of nitrogens with two attached hydrogens (primary N) is 1. The molecule has 1 saturated heterocycles. The van der Waals surface area contributed by atoms with Crippen LogP contribution in [0.15, 0.2) is 18.2 Å². The summed E-state index contributed by atoms with van der Waals surface area (Å²) >= 11 is 0. The Morgan fingerprint density at radius 3 is 2.47 bits per heavy atom. The van der Waals surface area contributed by atoms with Crippen LogP contribution in [0.25, 0.3) is 0 Å². The third-order valence-corrected chi connectivity index (χ3v) is 3.62. The van der Waals surface area contributed by atoms with E-state index in [0.29, 0.717) is 5.92 Å². The van der Waals surface area contributed by atoms with Crippen LogP contribution < -0.4 is 5.73 Å². The molecule has 1 aromatic rings. The van der Waals surface area contributed by atoms with Gasteiger partial charge in [0.15, 0.2) is 0 Å². The molecule has 1 fully saturated rings. The van der Waals surface area contributed by atoms with Gasteiger partial charge in [-0.15, -0.1) is 0 Å². The van der Waals surface area contributed by atoms with E-state index in [9.17, 15) is 0 Å². The average Bonchev–Trinajstić information content (AvgIpc) is 2.62. The van der Waals surface area contributed by atoms with E-state index in [-0.39, 0.29) is 12.1 Å². The molecule has 0 spiro atoms. The number of ether oxygens (including phenoxy) is 1. The molecule has 0 saturated carbocycles. The number of hydrogen-bond donors (Lipinski definition) is 1. The largest absolute Gasteiger partial charge is 0.376 e. The monoisotopic (exact) mass is 233 g/mol. The van der Waals surface area contributed by atoms with Gasteiger partial charge in [0.25, 0.3) is 0 Å². The molecule has 0 bridgehead atoms. The van der Waals surface area contributed by atoms with Crippen molar-refractivity contribution >= 4 is 0 Å². The zero-order valence-electron chi connectivity index (χ0n) is 11.1. The van der Waals surface area contributed by atoms with Crippen molar-refractivity contribution in [3.63, 3.8) is 0 Å². The van der Waals surface area contributed by atoms with Crippen molar-refractivity contribution in [3.8, 4) is 0 Å². The highest BCUT2D eigenvalue weighted by molar-refractivity contribution is 5.29. The Morgan fingerprint density at radius 2 is 1.94 bits per heavy atom. The van der Waals surface area contributed by atoms with Crippen LogP contribution in [-0.2, 0) is 11.2 Å². The molecule has 1 aliphatic heterocycles. The standard InChI is InChI=1S/C15H23NO/c1-10-6-11(2)8-13(7-10)9-14(16)15-12(3)4-5-17-15/h6-8,12,14-15H,4-5,9,16H2,1-3H3. The topological polar surface area (TPSA) is 35.2 Å². The smallest absolute Gasteiger partial charge is 0.0755 e. The quantitative estimate of drug-likeness (QED) is 0.871. The highest BCUT2D eigenvalue weighted by Crippen LogP contribution is 2.24. The summed E-state index contributed by atoms with van der Waals surface area (Å²) < 4.78 is 5.73. The average molecular weight is 233 g/mol. The second kappa shape index (κ2) is 5.19. The molecule has 3 atom stereocenters. The van der Waals surface area contributed by atoms with Gasteiger partial charge in [0, 0.05) is 12.6 Å². The molecule has 2 heteroatoms. The van der Waals surface area contributed by atoms with Crippen molar-refractivity contribution in [3.05, 3.63) is 34.9 Å². The summed E-state index contributed by atoms with van der Waals surface area (Å²) in [4.78, 5) is 0. The van der Waals surface area contributed by atoms with Crippen molar-refractivity contribution in [1.29, 1.82) is 0 Å². The van der Waals surface area contributed by atoms with E-state index in [4.69, 9.17) is 10.5 Å². The van der Waals surface area contributed by atoms with Crippen LogP contribution in [0, 0.1) is 19.8 Å². The minimum absolute atomic E-state index is 0.119. The van der Waals surface area contributed by atoms with Crippen molar-refractivity contribution < 1.29 is 4.74 Å². The zero-order chi connectivity index (χ0) is 12.4. The lowest BCUT2D eigenvalue weighted by molar-refractivity contribution is 0.0726. The normalized spacial score (nSPS) is 26.1. The van der Waals surface area contributed by atoms with Crippen molar-refractivity contribution in [2.45, 2.75) is 45.8 Å². The van der Waals surface area contributed by atoms with Crippen molar-refractivity contribution in [1.82, 2.24) is 0 Å². The van der Waals surface area contributed by atoms with E-state index in [1.54, 1.807) is 0 Å². The Kier molecular flexibility index (Phi) is 3.85.